The van der Waals surface area contributed by atoms with Crippen LogP contribution in [0.3, 0.4) is 0 Å². The predicted molar refractivity (Wildman–Crippen MR) is 100 cm³/mol. The van der Waals surface area contributed by atoms with Crippen LogP contribution < -0.4 is 5.32 Å². The van der Waals surface area contributed by atoms with Gasteiger partial charge in [0, 0.05) is 5.92 Å². The lowest BCUT2D eigenvalue weighted by molar-refractivity contribution is 0.0598. The summed E-state index contributed by atoms with van der Waals surface area (Å²) in [7, 11) is 1.41. The molecule has 1 aliphatic heterocycles. The number of aryl methyl sites for hydroxylation is 1. The average Bonchev–Trinajstić information content (AvgIpc) is 3.11. The Morgan fingerprint density at radius 3 is 2.68 bits per heavy atom. The lowest BCUT2D eigenvalue weighted by Crippen LogP contribution is -2.30. The third-order valence-electron chi connectivity index (χ3n) is 5.31. The van der Waals surface area contributed by atoms with Crippen molar-refractivity contribution in [1.82, 2.24) is 0 Å². The van der Waals surface area contributed by atoms with E-state index in [1.807, 2.05) is 0 Å². The number of methoxy groups -OCH3 is 1. The highest BCUT2D eigenvalue weighted by Crippen LogP contribution is 2.52. The molecule has 0 spiro atoms. The number of hydrogen-bond acceptors (Lipinski definition) is 3. The summed E-state index contributed by atoms with van der Waals surface area (Å²) < 4.78 is 4.98. The predicted octanol–water partition coefficient (Wildman–Crippen LogP) is 5.26. The van der Waals surface area contributed by atoms with Crippen LogP contribution in [0.15, 0.2) is 48.6 Å². The molecule has 0 fully saturated rings. The second-order valence-electron chi connectivity index (χ2n) is 6.76. The van der Waals surface area contributed by atoms with Gasteiger partial charge in [-0.3, -0.25) is 0 Å². The minimum absolute atomic E-state index is 0.162. The number of benzene rings is 2. The minimum Gasteiger partial charge on any atom is -0.465 e. The van der Waals surface area contributed by atoms with Crippen LogP contribution in [-0.2, 0) is 4.74 Å². The maximum atomic E-state index is 12.3. The molecule has 0 bridgehead atoms. The summed E-state index contributed by atoms with van der Waals surface area (Å²) in [5.41, 5.74) is 4.89. The molecule has 2 aliphatic rings. The molecule has 3 atom stereocenters. The van der Waals surface area contributed by atoms with Gasteiger partial charge in [0.25, 0.3) is 0 Å². The highest BCUT2D eigenvalue weighted by Gasteiger charge is 2.40. The van der Waals surface area contributed by atoms with Gasteiger partial charge in [0.05, 0.1) is 29.4 Å². The first kappa shape index (κ1) is 16.2. The molecule has 0 amide bonds. The second-order valence-corrected chi connectivity index (χ2v) is 7.17. The zero-order valence-corrected chi connectivity index (χ0v) is 15.0. The Hall–Kier alpha value is -2.26. The van der Waals surface area contributed by atoms with Crippen molar-refractivity contribution in [3.8, 4) is 0 Å². The number of allylic oxidation sites excluding steroid dienone is 2. The van der Waals surface area contributed by atoms with Gasteiger partial charge in [0.15, 0.2) is 0 Å². The van der Waals surface area contributed by atoms with Crippen molar-refractivity contribution >= 4 is 23.3 Å². The molecule has 1 aliphatic carbocycles. The van der Waals surface area contributed by atoms with E-state index < -0.39 is 0 Å². The summed E-state index contributed by atoms with van der Waals surface area (Å²) in [5.74, 6) is 0.204. The van der Waals surface area contributed by atoms with Crippen LogP contribution in [0.5, 0.6) is 0 Å². The Bertz CT molecular complexity index is 857. The summed E-state index contributed by atoms with van der Waals surface area (Å²) in [6.45, 7) is 2.09. The van der Waals surface area contributed by atoms with Gasteiger partial charge in [-0.15, -0.1) is 0 Å². The molecular weight excluding hydrogens is 334 g/mol. The Morgan fingerprint density at radius 2 is 1.96 bits per heavy atom. The van der Waals surface area contributed by atoms with E-state index >= 15 is 0 Å². The number of carbonyl (C=O) groups excluding carboxylic acids is 1. The SMILES string of the molecule is COC(=O)c1ccc(Cl)c2c1[C@@H]1C=CC[C@@H]1[C@@H](c1ccc(C)cc1)N2. The maximum Gasteiger partial charge on any atom is 0.338 e. The van der Waals surface area contributed by atoms with E-state index in [1.165, 1.54) is 18.2 Å². The van der Waals surface area contributed by atoms with Gasteiger partial charge in [-0.25, -0.2) is 4.79 Å². The van der Waals surface area contributed by atoms with Crippen LogP contribution in [0.2, 0.25) is 5.02 Å². The van der Waals surface area contributed by atoms with Crippen molar-refractivity contribution in [3.05, 3.63) is 75.8 Å². The lowest BCUT2D eigenvalue weighted by Gasteiger charge is -2.38. The lowest BCUT2D eigenvalue weighted by atomic mass is 9.75. The fourth-order valence-corrected chi connectivity index (χ4v) is 4.29. The van der Waals surface area contributed by atoms with E-state index in [4.69, 9.17) is 16.3 Å². The first-order valence-electron chi connectivity index (χ1n) is 8.50. The number of carbonyl (C=O) groups is 1. The van der Waals surface area contributed by atoms with Crippen molar-refractivity contribution in [2.75, 3.05) is 12.4 Å². The fourth-order valence-electron chi connectivity index (χ4n) is 4.07. The zero-order valence-electron chi connectivity index (χ0n) is 14.3. The van der Waals surface area contributed by atoms with Crippen molar-refractivity contribution in [1.29, 1.82) is 0 Å². The van der Waals surface area contributed by atoms with E-state index in [-0.39, 0.29) is 17.9 Å². The minimum atomic E-state index is -0.317. The van der Waals surface area contributed by atoms with Gasteiger partial charge in [0.2, 0.25) is 0 Å². The van der Waals surface area contributed by atoms with Gasteiger partial charge >= 0.3 is 5.97 Å². The van der Waals surface area contributed by atoms with Crippen LogP contribution in [0, 0.1) is 12.8 Å². The number of esters is 1. The molecule has 0 aromatic heterocycles. The van der Waals surface area contributed by atoms with Crippen LogP contribution in [0.4, 0.5) is 5.69 Å². The number of hydrogen-bond donors (Lipinski definition) is 1. The Morgan fingerprint density at radius 1 is 1.20 bits per heavy atom. The third-order valence-corrected chi connectivity index (χ3v) is 5.63. The normalized spacial score (nSPS) is 23.6. The summed E-state index contributed by atoms with van der Waals surface area (Å²) in [4.78, 5) is 12.3. The van der Waals surface area contributed by atoms with Crippen LogP contribution >= 0.6 is 11.6 Å². The topological polar surface area (TPSA) is 38.3 Å². The summed E-state index contributed by atoms with van der Waals surface area (Å²) >= 11 is 6.49. The van der Waals surface area contributed by atoms with Crippen LogP contribution in [0.25, 0.3) is 0 Å². The molecule has 2 aromatic carbocycles. The van der Waals surface area contributed by atoms with Crippen molar-refractivity contribution in [2.45, 2.75) is 25.3 Å². The monoisotopic (exact) mass is 353 g/mol. The molecule has 0 unspecified atom stereocenters. The maximum absolute atomic E-state index is 12.3. The third kappa shape index (κ3) is 2.63. The molecule has 0 saturated heterocycles. The van der Waals surface area contributed by atoms with E-state index in [2.05, 4.69) is 48.7 Å². The molecule has 128 valence electrons. The summed E-state index contributed by atoms with van der Waals surface area (Å²) in [5, 5.41) is 4.25. The number of fused-ring (bicyclic) bond motifs is 3. The second kappa shape index (κ2) is 6.23. The standard InChI is InChI=1S/C21H20ClNO2/c1-12-6-8-13(9-7-12)19-15-5-3-4-14(15)18-16(21(24)25-2)10-11-17(22)20(18)23-19/h3-4,6-11,14-15,19,23H,5H2,1-2H3/t14-,15+,19-/m1/s1. The number of halogens is 1. The summed E-state index contributed by atoms with van der Waals surface area (Å²) in [6, 6.07) is 12.3. The molecule has 0 saturated carbocycles. The number of rotatable bonds is 2. The quantitative estimate of drug-likeness (QED) is 0.591. The molecule has 3 nitrogen and oxygen atoms in total. The van der Waals surface area contributed by atoms with Gasteiger partial charge in [0.1, 0.15) is 0 Å². The largest absolute Gasteiger partial charge is 0.465 e. The number of nitrogens with one attached hydrogen (secondary N) is 1. The average molecular weight is 354 g/mol. The van der Waals surface area contributed by atoms with E-state index in [0.29, 0.717) is 16.5 Å². The zero-order chi connectivity index (χ0) is 17.6. The van der Waals surface area contributed by atoms with Gasteiger partial charge in [-0.05, 0) is 42.5 Å². The van der Waals surface area contributed by atoms with E-state index in [0.717, 1.165) is 17.7 Å². The first-order chi connectivity index (χ1) is 12.1. The first-order valence-corrected chi connectivity index (χ1v) is 8.88. The van der Waals surface area contributed by atoms with E-state index in [1.54, 1.807) is 12.1 Å². The Balaban J connectivity index is 1.85. The molecule has 1 N–H and O–H groups in total. The molecule has 25 heavy (non-hydrogen) atoms. The van der Waals surface area contributed by atoms with Crippen molar-refractivity contribution in [3.63, 3.8) is 0 Å². The number of ether oxygens (including phenoxy) is 1. The molecular formula is C21H20ClNO2. The van der Waals surface area contributed by atoms with E-state index in [9.17, 15) is 4.79 Å². The molecule has 2 aromatic rings. The molecule has 1 heterocycles. The van der Waals surface area contributed by atoms with Crippen LogP contribution in [0.1, 0.15) is 45.4 Å². The van der Waals surface area contributed by atoms with Crippen molar-refractivity contribution < 1.29 is 9.53 Å². The Kier molecular flexibility index (Phi) is 4.04. The Labute approximate surface area is 152 Å². The molecule has 0 radical (unpaired) electrons. The van der Waals surface area contributed by atoms with Gasteiger partial charge < -0.3 is 10.1 Å². The summed E-state index contributed by atoms with van der Waals surface area (Å²) in [6.07, 6.45) is 5.38. The highest BCUT2D eigenvalue weighted by atomic mass is 35.5. The molecule has 4 rings (SSSR count). The van der Waals surface area contributed by atoms with Crippen LogP contribution in [-0.4, -0.2) is 13.1 Å². The highest BCUT2D eigenvalue weighted by molar-refractivity contribution is 6.33. The smallest absolute Gasteiger partial charge is 0.338 e. The fraction of sp³-hybridized carbons (Fsp3) is 0.286. The molecule has 4 heteroatoms. The van der Waals surface area contributed by atoms with Gasteiger partial charge in [-0.1, -0.05) is 53.6 Å². The van der Waals surface area contributed by atoms with Gasteiger partial charge in [-0.2, -0.15) is 0 Å². The number of anilines is 1. The van der Waals surface area contributed by atoms with Crippen molar-refractivity contribution in [2.24, 2.45) is 5.92 Å².